The van der Waals surface area contributed by atoms with Gasteiger partial charge in [-0.3, -0.25) is 5.41 Å². The number of nitrogens with one attached hydrogen (secondary N) is 1. The Kier molecular flexibility index (Phi) is 3.01. The van der Waals surface area contributed by atoms with E-state index >= 15 is 0 Å². The topological polar surface area (TPSA) is 78.9 Å². The number of nitrogen functional groups attached to an aromatic ring is 1. The Balaban J connectivity index is 2.99. The first kappa shape index (κ1) is 10.4. The highest BCUT2D eigenvalue weighted by Crippen LogP contribution is 2.10. The molecule has 0 fully saturated rings. The van der Waals surface area contributed by atoms with Gasteiger partial charge < -0.3 is 10.6 Å². The molecule has 14 heavy (non-hydrogen) atoms. The Morgan fingerprint density at radius 3 is 2.71 bits per heavy atom. The highest BCUT2D eigenvalue weighted by atomic mass is 15.2. The van der Waals surface area contributed by atoms with Crippen LogP contribution in [-0.4, -0.2) is 28.9 Å². The molecule has 1 aromatic rings. The van der Waals surface area contributed by atoms with Crippen LogP contribution >= 0.6 is 0 Å². The van der Waals surface area contributed by atoms with Gasteiger partial charge in [-0.25, -0.2) is 9.97 Å². The molecule has 0 saturated heterocycles. The van der Waals surface area contributed by atoms with Crippen molar-refractivity contribution in [3.05, 3.63) is 18.1 Å². The average molecular weight is 193 g/mol. The molecule has 0 saturated carbocycles. The molecule has 0 radical (unpaired) electrons. The number of amidine groups is 1. The summed E-state index contributed by atoms with van der Waals surface area (Å²) in [6, 6.07) is 2.15. The Morgan fingerprint density at radius 2 is 2.21 bits per heavy atom. The lowest BCUT2D eigenvalue weighted by atomic mass is 10.3. The molecular formula is C9H15N5. The van der Waals surface area contributed by atoms with Crippen molar-refractivity contribution < 1.29 is 0 Å². The van der Waals surface area contributed by atoms with Crippen LogP contribution in [0.5, 0.6) is 0 Å². The number of hydrogen-bond acceptors (Lipinski definition) is 4. The Hall–Kier alpha value is -1.65. The van der Waals surface area contributed by atoms with Crippen molar-refractivity contribution in [1.29, 1.82) is 5.41 Å². The fourth-order valence-corrected chi connectivity index (χ4v) is 0.940. The molecule has 0 aliphatic carbocycles. The van der Waals surface area contributed by atoms with E-state index in [9.17, 15) is 0 Å². The van der Waals surface area contributed by atoms with Gasteiger partial charge in [0.05, 0.1) is 0 Å². The molecule has 0 aliphatic rings. The number of hydrogen-bond donors (Lipinski definition) is 2. The van der Waals surface area contributed by atoms with E-state index in [1.54, 1.807) is 12.3 Å². The predicted octanol–water partition coefficient (Wildman–Crippen LogP) is 0.605. The van der Waals surface area contributed by atoms with Crippen molar-refractivity contribution >= 4 is 11.7 Å². The Labute approximate surface area is 83.5 Å². The molecule has 0 aliphatic heterocycles. The molecule has 0 unspecified atom stereocenters. The van der Waals surface area contributed by atoms with E-state index in [1.807, 2.05) is 11.9 Å². The molecule has 1 heterocycles. The van der Waals surface area contributed by atoms with Crippen molar-refractivity contribution in [3.8, 4) is 0 Å². The molecule has 76 valence electrons. The maximum Gasteiger partial charge on any atom is 0.196 e. The van der Waals surface area contributed by atoms with Crippen molar-refractivity contribution in [2.75, 3.05) is 11.9 Å². The van der Waals surface area contributed by atoms with Gasteiger partial charge in [-0.2, -0.15) is 0 Å². The minimum Gasteiger partial charge on any atom is -0.381 e. The minimum atomic E-state index is -0.107. The van der Waals surface area contributed by atoms with Crippen LogP contribution < -0.4 is 10.6 Å². The second kappa shape index (κ2) is 4.04. The summed E-state index contributed by atoms with van der Waals surface area (Å²) >= 11 is 0. The molecule has 1 rings (SSSR count). The summed E-state index contributed by atoms with van der Waals surface area (Å²) in [5, 5.41) is 7.21. The summed E-state index contributed by atoms with van der Waals surface area (Å²) in [5.41, 5.74) is 5.30. The van der Waals surface area contributed by atoms with Gasteiger partial charge in [0.2, 0.25) is 0 Å². The van der Waals surface area contributed by atoms with Gasteiger partial charge in [-0.15, -0.1) is 0 Å². The summed E-state index contributed by atoms with van der Waals surface area (Å²) in [4.78, 5) is 10.0. The molecule has 0 atom stereocenters. The Morgan fingerprint density at radius 1 is 1.57 bits per heavy atom. The zero-order chi connectivity index (χ0) is 10.7. The van der Waals surface area contributed by atoms with Gasteiger partial charge in [-0.1, -0.05) is 0 Å². The number of nitrogens with zero attached hydrogens (tertiary/aromatic N) is 3. The lowest BCUT2D eigenvalue weighted by Gasteiger charge is -2.22. The van der Waals surface area contributed by atoms with Gasteiger partial charge in [0, 0.05) is 19.3 Å². The van der Waals surface area contributed by atoms with Crippen molar-refractivity contribution in [1.82, 2.24) is 9.97 Å². The van der Waals surface area contributed by atoms with Gasteiger partial charge in [0.25, 0.3) is 0 Å². The number of nitrogens with two attached hydrogens (primary N) is 1. The summed E-state index contributed by atoms with van der Waals surface area (Å²) in [6.45, 7) is 4.13. The molecule has 0 aromatic carbocycles. The van der Waals surface area contributed by atoms with Gasteiger partial charge in [0.1, 0.15) is 5.82 Å². The molecule has 0 amide bonds. The molecule has 0 bridgehead atoms. The SMILES string of the molecule is CC(C)N(C)c1ccnc(C(=N)N)n1. The van der Waals surface area contributed by atoms with Crippen LogP contribution in [0.2, 0.25) is 0 Å². The van der Waals surface area contributed by atoms with E-state index in [1.165, 1.54) is 0 Å². The fraction of sp³-hybridized carbons (Fsp3) is 0.444. The third kappa shape index (κ3) is 2.18. The largest absolute Gasteiger partial charge is 0.381 e. The van der Waals surface area contributed by atoms with Crippen molar-refractivity contribution in [2.45, 2.75) is 19.9 Å². The first-order valence-electron chi connectivity index (χ1n) is 4.42. The number of rotatable bonds is 3. The second-order valence-corrected chi connectivity index (χ2v) is 3.36. The van der Waals surface area contributed by atoms with Gasteiger partial charge in [0.15, 0.2) is 11.7 Å². The van der Waals surface area contributed by atoms with Crippen LogP contribution in [-0.2, 0) is 0 Å². The van der Waals surface area contributed by atoms with Gasteiger partial charge in [-0.05, 0) is 19.9 Å². The summed E-state index contributed by atoms with van der Waals surface area (Å²) in [6.07, 6.45) is 1.61. The first-order valence-corrected chi connectivity index (χ1v) is 4.42. The van der Waals surface area contributed by atoms with Crippen LogP contribution in [0.15, 0.2) is 12.3 Å². The average Bonchev–Trinajstić information content (AvgIpc) is 2.16. The van der Waals surface area contributed by atoms with Gasteiger partial charge >= 0.3 is 0 Å². The normalized spacial score (nSPS) is 10.3. The summed E-state index contributed by atoms with van der Waals surface area (Å²) in [5.74, 6) is 0.944. The fourth-order valence-electron chi connectivity index (χ4n) is 0.940. The van der Waals surface area contributed by atoms with E-state index in [2.05, 4.69) is 23.8 Å². The highest BCUT2D eigenvalue weighted by molar-refractivity contribution is 5.91. The monoisotopic (exact) mass is 193 g/mol. The van der Waals surface area contributed by atoms with Crippen molar-refractivity contribution in [3.63, 3.8) is 0 Å². The van der Waals surface area contributed by atoms with E-state index in [4.69, 9.17) is 11.1 Å². The molecule has 5 nitrogen and oxygen atoms in total. The Bertz CT molecular complexity index is 334. The zero-order valence-electron chi connectivity index (χ0n) is 8.65. The van der Waals surface area contributed by atoms with E-state index in [-0.39, 0.29) is 11.7 Å². The molecule has 3 N–H and O–H groups in total. The zero-order valence-corrected chi connectivity index (χ0v) is 8.65. The third-order valence-electron chi connectivity index (χ3n) is 2.02. The molecule has 5 heteroatoms. The maximum atomic E-state index is 7.21. The standard InChI is InChI=1S/C9H15N5/c1-6(2)14(3)7-4-5-12-9(13-7)8(10)11/h4-6H,1-3H3,(H3,10,11). The smallest absolute Gasteiger partial charge is 0.196 e. The van der Waals surface area contributed by atoms with E-state index in [0.717, 1.165) is 5.82 Å². The van der Waals surface area contributed by atoms with Crippen LogP contribution in [0.3, 0.4) is 0 Å². The van der Waals surface area contributed by atoms with Crippen LogP contribution in [0.4, 0.5) is 5.82 Å². The minimum absolute atomic E-state index is 0.107. The summed E-state index contributed by atoms with van der Waals surface area (Å²) < 4.78 is 0. The highest BCUT2D eigenvalue weighted by Gasteiger charge is 2.08. The quantitative estimate of drug-likeness (QED) is 0.544. The van der Waals surface area contributed by atoms with E-state index < -0.39 is 0 Å². The third-order valence-corrected chi connectivity index (χ3v) is 2.02. The lowest BCUT2D eigenvalue weighted by Crippen LogP contribution is -2.27. The maximum absolute atomic E-state index is 7.21. The van der Waals surface area contributed by atoms with Crippen LogP contribution in [0, 0.1) is 5.41 Å². The van der Waals surface area contributed by atoms with E-state index in [0.29, 0.717) is 6.04 Å². The number of aromatic nitrogens is 2. The van der Waals surface area contributed by atoms with Crippen molar-refractivity contribution in [2.24, 2.45) is 5.73 Å². The lowest BCUT2D eigenvalue weighted by molar-refractivity contribution is 0.740. The molecule has 0 spiro atoms. The first-order chi connectivity index (χ1) is 6.52. The summed E-state index contributed by atoms with van der Waals surface area (Å²) in [7, 11) is 1.94. The van der Waals surface area contributed by atoms with Crippen LogP contribution in [0.1, 0.15) is 19.7 Å². The molecular weight excluding hydrogens is 178 g/mol. The predicted molar refractivity (Wildman–Crippen MR) is 56.6 cm³/mol. The van der Waals surface area contributed by atoms with Crippen LogP contribution in [0.25, 0.3) is 0 Å². The second-order valence-electron chi connectivity index (χ2n) is 3.36. The molecule has 1 aromatic heterocycles. The number of anilines is 1.